The predicted molar refractivity (Wildman–Crippen MR) is 77.0 cm³/mol. The maximum atomic E-state index is 9.52. The first-order valence-corrected chi connectivity index (χ1v) is 6.75. The van der Waals surface area contributed by atoms with Crippen LogP contribution in [0, 0.1) is 5.41 Å². The van der Waals surface area contributed by atoms with E-state index in [1.165, 1.54) is 0 Å². The molecule has 18 heavy (non-hydrogen) atoms. The van der Waals surface area contributed by atoms with E-state index in [2.05, 4.69) is 29.5 Å². The first kappa shape index (κ1) is 14.8. The Morgan fingerprint density at radius 2 is 1.72 bits per heavy atom. The third kappa shape index (κ3) is 3.88. The van der Waals surface area contributed by atoms with Gasteiger partial charge in [-0.15, -0.1) is 0 Å². The Kier molecular flexibility index (Phi) is 5.92. The van der Waals surface area contributed by atoms with Crippen molar-refractivity contribution >= 4 is 11.6 Å². The summed E-state index contributed by atoms with van der Waals surface area (Å²) in [6.07, 6.45) is 1.92. The van der Waals surface area contributed by atoms with Crippen molar-refractivity contribution in [1.29, 1.82) is 0 Å². The van der Waals surface area contributed by atoms with E-state index < -0.39 is 0 Å². The third-order valence-electron chi connectivity index (χ3n) is 3.59. The largest absolute Gasteiger partial charge is 0.396 e. The number of aliphatic hydroxyl groups excluding tert-OH is 1. The molecule has 0 aliphatic rings. The highest BCUT2D eigenvalue weighted by atomic mass is 16.3. The van der Waals surface area contributed by atoms with Gasteiger partial charge in [0.1, 0.15) is 11.6 Å². The molecule has 1 rings (SSSR count). The summed E-state index contributed by atoms with van der Waals surface area (Å²) in [5.74, 6) is 1.73. The molecule has 0 saturated heterocycles. The van der Waals surface area contributed by atoms with E-state index in [4.69, 9.17) is 0 Å². The molecular formula is C14H25N3O. The molecule has 1 aromatic heterocycles. The van der Waals surface area contributed by atoms with E-state index in [-0.39, 0.29) is 12.0 Å². The van der Waals surface area contributed by atoms with Gasteiger partial charge in [-0.3, -0.25) is 0 Å². The number of hydrogen-bond acceptors (Lipinski definition) is 4. The molecule has 4 heteroatoms. The van der Waals surface area contributed by atoms with Crippen molar-refractivity contribution in [2.45, 2.75) is 33.6 Å². The first-order chi connectivity index (χ1) is 8.69. The zero-order valence-corrected chi connectivity index (χ0v) is 11.7. The number of nitrogens with zero attached hydrogens (tertiary/aromatic N) is 1. The van der Waals surface area contributed by atoms with E-state index in [0.717, 1.165) is 37.6 Å². The fourth-order valence-corrected chi connectivity index (χ4v) is 1.87. The summed E-state index contributed by atoms with van der Waals surface area (Å²) in [5, 5.41) is 16.0. The molecule has 1 aromatic rings. The number of aliphatic hydroxyl groups is 1. The van der Waals surface area contributed by atoms with Crippen LogP contribution in [-0.2, 0) is 0 Å². The molecule has 4 nitrogen and oxygen atoms in total. The number of pyridine rings is 1. The molecule has 3 N–H and O–H groups in total. The highest BCUT2D eigenvalue weighted by Crippen LogP contribution is 2.25. The van der Waals surface area contributed by atoms with Crippen molar-refractivity contribution in [3.63, 3.8) is 0 Å². The maximum Gasteiger partial charge on any atom is 0.128 e. The van der Waals surface area contributed by atoms with Gasteiger partial charge in [-0.25, -0.2) is 4.98 Å². The first-order valence-electron chi connectivity index (χ1n) is 6.75. The van der Waals surface area contributed by atoms with Gasteiger partial charge in [0.25, 0.3) is 0 Å². The maximum absolute atomic E-state index is 9.52. The molecule has 0 aliphatic carbocycles. The summed E-state index contributed by atoms with van der Waals surface area (Å²) in [7, 11) is 0. The average Bonchev–Trinajstić information content (AvgIpc) is 2.42. The zero-order chi connectivity index (χ0) is 13.4. The Labute approximate surface area is 110 Å². The zero-order valence-electron chi connectivity index (χ0n) is 11.7. The van der Waals surface area contributed by atoms with Gasteiger partial charge in [-0.2, -0.15) is 0 Å². The van der Waals surface area contributed by atoms with Crippen molar-refractivity contribution < 1.29 is 5.11 Å². The molecule has 102 valence electrons. The molecule has 0 saturated carbocycles. The second kappa shape index (κ2) is 7.21. The Hall–Kier alpha value is -1.29. The Morgan fingerprint density at radius 1 is 1.11 bits per heavy atom. The molecule has 0 atom stereocenters. The average molecular weight is 251 g/mol. The second-order valence-corrected chi connectivity index (χ2v) is 4.66. The van der Waals surface area contributed by atoms with Crippen LogP contribution in [0.15, 0.2) is 18.2 Å². The lowest BCUT2D eigenvalue weighted by Gasteiger charge is -2.29. The summed E-state index contributed by atoms with van der Waals surface area (Å²) < 4.78 is 0. The van der Waals surface area contributed by atoms with Gasteiger partial charge in [-0.1, -0.05) is 19.9 Å². The highest BCUT2D eigenvalue weighted by molar-refractivity contribution is 5.45. The summed E-state index contributed by atoms with van der Waals surface area (Å²) in [5.41, 5.74) is -0.0458. The van der Waals surface area contributed by atoms with E-state index in [1.54, 1.807) is 0 Å². The van der Waals surface area contributed by atoms with Gasteiger partial charge in [0.05, 0.1) is 6.61 Å². The fraction of sp³-hybridized carbons (Fsp3) is 0.643. The van der Waals surface area contributed by atoms with Crippen LogP contribution >= 0.6 is 0 Å². The van der Waals surface area contributed by atoms with Crippen molar-refractivity contribution in [3.05, 3.63) is 18.2 Å². The molecule has 0 fully saturated rings. The van der Waals surface area contributed by atoms with Gasteiger partial charge in [-0.05, 0) is 31.9 Å². The SMILES string of the molecule is CCNc1cccc(NCC(CC)(CC)CO)n1. The van der Waals surface area contributed by atoms with Crippen LogP contribution < -0.4 is 10.6 Å². The summed E-state index contributed by atoms with van der Waals surface area (Å²) in [6.45, 7) is 8.10. The topological polar surface area (TPSA) is 57.2 Å². The molecule has 0 radical (unpaired) electrons. The summed E-state index contributed by atoms with van der Waals surface area (Å²) in [4.78, 5) is 4.46. The molecule has 0 aliphatic heterocycles. The Morgan fingerprint density at radius 3 is 2.22 bits per heavy atom. The van der Waals surface area contributed by atoms with E-state index >= 15 is 0 Å². The second-order valence-electron chi connectivity index (χ2n) is 4.66. The van der Waals surface area contributed by atoms with Crippen LogP contribution in [0.1, 0.15) is 33.6 Å². The van der Waals surface area contributed by atoms with Crippen LogP contribution in [-0.4, -0.2) is 29.8 Å². The quantitative estimate of drug-likeness (QED) is 0.665. The molecule has 1 heterocycles. The lowest BCUT2D eigenvalue weighted by atomic mass is 9.83. The highest BCUT2D eigenvalue weighted by Gasteiger charge is 2.24. The van der Waals surface area contributed by atoms with Crippen molar-refractivity contribution in [1.82, 2.24) is 4.98 Å². The smallest absolute Gasteiger partial charge is 0.128 e. The minimum Gasteiger partial charge on any atom is -0.396 e. The molecular weight excluding hydrogens is 226 g/mol. The normalized spacial score (nSPS) is 11.3. The number of hydrogen-bond donors (Lipinski definition) is 3. The van der Waals surface area contributed by atoms with Crippen molar-refractivity contribution in [2.75, 3.05) is 30.3 Å². The van der Waals surface area contributed by atoms with E-state index in [1.807, 2.05) is 25.1 Å². The number of nitrogens with one attached hydrogen (secondary N) is 2. The van der Waals surface area contributed by atoms with E-state index in [0.29, 0.717) is 0 Å². The van der Waals surface area contributed by atoms with Crippen molar-refractivity contribution in [2.24, 2.45) is 5.41 Å². The summed E-state index contributed by atoms with van der Waals surface area (Å²) >= 11 is 0. The fourth-order valence-electron chi connectivity index (χ4n) is 1.87. The molecule has 0 bridgehead atoms. The molecule has 0 amide bonds. The Balaban J connectivity index is 2.64. The third-order valence-corrected chi connectivity index (χ3v) is 3.59. The molecule has 0 spiro atoms. The van der Waals surface area contributed by atoms with Gasteiger partial charge in [0, 0.05) is 18.5 Å². The van der Waals surface area contributed by atoms with Crippen LogP contribution in [0.2, 0.25) is 0 Å². The van der Waals surface area contributed by atoms with Crippen LogP contribution in [0.4, 0.5) is 11.6 Å². The van der Waals surface area contributed by atoms with E-state index in [9.17, 15) is 5.11 Å². The Bertz CT molecular complexity index is 342. The lowest BCUT2D eigenvalue weighted by Crippen LogP contribution is -2.32. The van der Waals surface area contributed by atoms with Crippen LogP contribution in [0.25, 0.3) is 0 Å². The van der Waals surface area contributed by atoms with Crippen molar-refractivity contribution in [3.8, 4) is 0 Å². The summed E-state index contributed by atoms with van der Waals surface area (Å²) in [6, 6.07) is 5.88. The predicted octanol–water partition coefficient (Wildman–Crippen LogP) is 2.72. The van der Waals surface area contributed by atoms with Crippen LogP contribution in [0.5, 0.6) is 0 Å². The number of rotatable bonds is 8. The van der Waals surface area contributed by atoms with Gasteiger partial charge in [0.2, 0.25) is 0 Å². The van der Waals surface area contributed by atoms with Gasteiger partial charge in [0.15, 0.2) is 0 Å². The number of anilines is 2. The monoisotopic (exact) mass is 251 g/mol. The van der Waals surface area contributed by atoms with Gasteiger partial charge >= 0.3 is 0 Å². The van der Waals surface area contributed by atoms with Crippen LogP contribution in [0.3, 0.4) is 0 Å². The standard InChI is InChI=1S/C14H25N3O/c1-4-14(5-2,11-18)10-16-13-9-7-8-12(17-13)15-6-3/h7-9,18H,4-6,10-11H2,1-3H3,(H2,15,16,17). The minimum atomic E-state index is -0.0458. The molecule has 0 unspecified atom stereocenters. The lowest BCUT2D eigenvalue weighted by molar-refractivity contribution is 0.127. The number of aromatic nitrogens is 1. The van der Waals surface area contributed by atoms with Gasteiger partial charge < -0.3 is 15.7 Å². The molecule has 0 aromatic carbocycles. The minimum absolute atomic E-state index is 0.0458.